The molecule has 6 heterocycles. The molecule has 6 aromatic carbocycles. The third-order valence-electron chi connectivity index (χ3n) is 19.5. The molecule has 130 heavy (non-hydrogen) atoms. The van der Waals surface area contributed by atoms with Gasteiger partial charge in [-0.3, -0.25) is 82.1 Å². The third kappa shape index (κ3) is 23.0. The predicted molar refractivity (Wildman–Crippen MR) is 467 cm³/mol. The molecule has 12 amide bonds. The number of hydrogen-bond acceptors (Lipinski definition) is 30. The Balaban J connectivity index is 0.000000195. The van der Waals surface area contributed by atoms with Crippen LogP contribution in [0.1, 0.15) is 185 Å². The average molecular weight is 1880 g/mol. The molecule has 4 N–H and O–H groups in total. The highest BCUT2D eigenvalue weighted by Gasteiger charge is 2.49. The summed E-state index contributed by atoms with van der Waals surface area (Å²) in [5, 5.41) is 9.42. The van der Waals surface area contributed by atoms with Crippen molar-refractivity contribution in [2.75, 3.05) is 124 Å². The van der Waals surface area contributed by atoms with Crippen LogP contribution < -0.4 is 59.2 Å². The summed E-state index contributed by atoms with van der Waals surface area (Å²) in [6.45, 7) is 13.1. The molecule has 692 valence electrons. The normalized spacial score (nSPS) is 14.2. The van der Waals surface area contributed by atoms with Crippen molar-refractivity contribution in [3.8, 4) is 46.0 Å². The Morgan fingerprint density at radius 1 is 0.346 bits per heavy atom. The van der Waals surface area contributed by atoms with Crippen LogP contribution in [-0.4, -0.2) is 237 Å². The van der Waals surface area contributed by atoms with Crippen LogP contribution in [0.3, 0.4) is 0 Å². The number of ether oxygens (including phenoxy) is 8. The number of nitrogens with zero attached hydrogens (tertiary/aromatic N) is 6. The molecule has 0 radical (unpaired) electrons. The molecule has 4 aliphatic heterocycles. The predicted octanol–water partition coefficient (Wildman–Crippen LogP) is 8.81. The number of carbonyl (C=O) groups is 12. The van der Waals surface area contributed by atoms with Crippen molar-refractivity contribution in [1.29, 1.82) is 0 Å². The van der Waals surface area contributed by atoms with Gasteiger partial charge in [-0.05, 0) is 129 Å². The zero-order valence-corrected chi connectivity index (χ0v) is 76.3. The number of carbonyl (C=O) groups excluding carboxylic acids is 12. The Bertz CT molecular complexity index is 6020. The minimum absolute atomic E-state index is 0.0155. The van der Waals surface area contributed by atoms with E-state index in [4.69, 9.17) is 37.9 Å². The summed E-state index contributed by atoms with van der Waals surface area (Å²) >= 11 is 0. The second-order valence-electron chi connectivity index (χ2n) is 29.3. The Morgan fingerprint density at radius 2 is 0.623 bits per heavy atom. The zero-order chi connectivity index (χ0) is 96.3. The van der Waals surface area contributed by atoms with Gasteiger partial charge >= 0.3 is 0 Å². The van der Waals surface area contributed by atoms with Gasteiger partial charge in [0.1, 0.15) is 56.8 Å². The van der Waals surface area contributed by atoms with Gasteiger partial charge in [0.15, 0.2) is 46.0 Å². The summed E-state index contributed by atoms with van der Waals surface area (Å²) in [7, 11) is -8.79. The number of rotatable bonds is 32. The maximum absolute atomic E-state index is 14.4. The highest BCUT2D eigenvalue weighted by Crippen LogP contribution is 2.45. The smallest absolute Gasteiger partial charge is 0.265 e. The molecule has 2 aromatic heterocycles. The summed E-state index contributed by atoms with van der Waals surface area (Å²) in [5.74, 6) is -9.53. The Hall–Kier alpha value is -13.9. The van der Waals surface area contributed by atoms with Crippen LogP contribution in [-0.2, 0) is 58.5 Å². The molecular weight excluding hydrogens is 1790 g/mol. The molecule has 0 saturated heterocycles. The van der Waals surface area contributed by atoms with Crippen LogP contribution in [0.25, 0.3) is 0 Å². The Morgan fingerprint density at radius 3 is 0.900 bits per heavy atom. The van der Waals surface area contributed by atoms with Gasteiger partial charge < -0.3 is 59.2 Å². The van der Waals surface area contributed by atoms with Crippen LogP contribution in [0.4, 0.5) is 31.7 Å². The number of pyridine rings is 2. The van der Waals surface area contributed by atoms with Crippen molar-refractivity contribution in [2.45, 2.75) is 79.6 Å². The van der Waals surface area contributed by atoms with E-state index in [0.29, 0.717) is 94.7 Å². The maximum Gasteiger partial charge on any atom is 0.265 e. The average Bonchev–Trinajstić information content (AvgIpc) is 1.65. The first-order valence-electron chi connectivity index (χ1n) is 39.3. The number of anilines is 4. The molecule has 12 rings (SSSR count). The number of aromatic nitrogens is 2. The molecule has 4 atom stereocenters. The molecule has 0 spiro atoms. The summed E-state index contributed by atoms with van der Waals surface area (Å²) in [6, 6.07) is 19.4. The van der Waals surface area contributed by atoms with Crippen LogP contribution in [0.15, 0.2) is 122 Å². The van der Waals surface area contributed by atoms with E-state index in [1.54, 1.807) is 64.1 Å². The lowest BCUT2D eigenvalue weighted by Gasteiger charge is -2.27. The lowest BCUT2D eigenvalue weighted by atomic mass is 10.1. The van der Waals surface area contributed by atoms with Crippen molar-refractivity contribution in [1.82, 2.24) is 29.6 Å². The number of hydrogen-bond donors (Lipinski definition) is 4. The van der Waals surface area contributed by atoms with Crippen molar-refractivity contribution in [3.05, 3.63) is 200 Å². The molecule has 3 unspecified atom stereocenters. The number of halogens is 2. The Labute approximate surface area is 746 Å². The van der Waals surface area contributed by atoms with E-state index < -0.39 is 180 Å². The molecule has 0 bridgehead atoms. The first kappa shape index (κ1) is 99.9. The first-order valence-corrected chi connectivity index (χ1v) is 47.5. The molecule has 44 heteroatoms. The maximum atomic E-state index is 14.4. The fourth-order valence-electron chi connectivity index (χ4n) is 14.4. The highest BCUT2D eigenvalue weighted by molar-refractivity contribution is 7.91. The molecule has 4 aliphatic rings. The number of methoxy groups -OCH3 is 4. The number of nitrogens with one attached hydrogen (secondary N) is 4. The van der Waals surface area contributed by atoms with Gasteiger partial charge in [0.05, 0.1) is 170 Å². The number of benzene rings is 6. The van der Waals surface area contributed by atoms with E-state index in [2.05, 4.69) is 31.2 Å². The van der Waals surface area contributed by atoms with Gasteiger partial charge in [0.2, 0.25) is 23.6 Å². The number of imide groups is 4. The van der Waals surface area contributed by atoms with Crippen LogP contribution in [0.5, 0.6) is 46.0 Å². The fourth-order valence-corrected chi connectivity index (χ4v) is 18.1. The van der Waals surface area contributed by atoms with E-state index >= 15 is 0 Å². The van der Waals surface area contributed by atoms with Gasteiger partial charge in [0.25, 0.3) is 47.3 Å². The molecular formula is C86H92F2N10O28S4. The van der Waals surface area contributed by atoms with Crippen LogP contribution >= 0.6 is 0 Å². The number of sulfone groups is 4. The van der Waals surface area contributed by atoms with Gasteiger partial charge in [-0.2, -0.15) is 0 Å². The third-order valence-corrected chi connectivity index (χ3v) is 23.2. The SMILES string of the molecule is CCOc1cc(C(CS(C)(=O)=O)N2C(=O)c3ccc(F)c(NC(C)=O)c3C2=O)ccc1OC.CCOc1cc(C(CS(C)(=O)=O)N2C(=O)c3ccnc(NC(C)=O)c3C2=O)ccc1OC.CCOc1cc(C(CS(C)(=O)=O)N2C(=O)c3cncc(NC(C)=O)c3C2=O)ccc1OC.CCOc1cc([C@@H](CS(C)(=O)=O)N2C(=O)c3ccc(F)c(NC(C)=O)c3C2=O)ccc1OC. The summed E-state index contributed by atoms with van der Waals surface area (Å²) < 4.78 is 170. The minimum atomic E-state index is -3.68. The van der Waals surface area contributed by atoms with E-state index in [0.717, 1.165) is 82.7 Å². The van der Waals surface area contributed by atoms with Gasteiger partial charge in [-0.1, -0.05) is 24.3 Å². The zero-order valence-electron chi connectivity index (χ0n) is 73.0. The molecule has 0 aliphatic carbocycles. The number of amides is 12. The molecule has 38 nitrogen and oxygen atoms in total. The lowest BCUT2D eigenvalue weighted by Crippen LogP contribution is -2.37. The quantitative estimate of drug-likeness (QED) is 0.0286. The summed E-state index contributed by atoms with van der Waals surface area (Å²) in [4.78, 5) is 163. The van der Waals surface area contributed by atoms with Gasteiger partial charge in [0, 0.05) is 65.1 Å². The second-order valence-corrected chi connectivity index (χ2v) is 38.1. The number of fused-ring (bicyclic) bond motifs is 4. The molecule has 0 fully saturated rings. The van der Waals surface area contributed by atoms with Gasteiger partial charge in [-0.25, -0.2) is 47.4 Å². The van der Waals surface area contributed by atoms with Gasteiger partial charge in [-0.15, -0.1) is 0 Å². The first-order chi connectivity index (χ1) is 61.1. The van der Waals surface area contributed by atoms with E-state index in [1.807, 2.05) is 0 Å². The van der Waals surface area contributed by atoms with Crippen LogP contribution in [0.2, 0.25) is 0 Å². The fraction of sp³-hybridized carbons (Fsp3) is 0.326. The second kappa shape index (κ2) is 41.5. The largest absolute Gasteiger partial charge is 0.493 e. The lowest BCUT2D eigenvalue weighted by molar-refractivity contribution is -0.115. The summed E-state index contributed by atoms with van der Waals surface area (Å²) in [6.07, 6.45) is 7.79. The minimum Gasteiger partial charge on any atom is -0.493 e. The highest BCUT2D eigenvalue weighted by atomic mass is 32.2. The van der Waals surface area contributed by atoms with Crippen LogP contribution in [0, 0.1) is 11.6 Å². The van der Waals surface area contributed by atoms with E-state index in [-0.39, 0.29) is 56.0 Å². The topological polar surface area (TPSA) is 502 Å². The van der Waals surface area contributed by atoms with E-state index in [1.165, 1.54) is 103 Å². The van der Waals surface area contributed by atoms with Crippen molar-refractivity contribution >= 4 is 133 Å². The monoisotopic (exact) mass is 1880 g/mol. The van der Waals surface area contributed by atoms with Crippen molar-refractivity contribution in [2.24, 2.45) is 0 Å². The Kier molecular flexibility index (Phi) is 31.9. The van der Waals surface area contributed by atoms with Crippen molar-refractivity contribution in [3.63, 3.8) is 0 Å². The standard InChI is InChI=1S/2C22H23FN2O7S.2C21H23N3O7S/c2*1-5-32-18-10-13(6-9-17(18)31-3)16(11-33(4,29)30)25-21(27)14-7-8-15(23)20(24-12(2)26)19(14)22(25)28;1-5-31-18-8-13(6-7-17(18)30-3)16(11-32(4,28)29)24-20(26)14-9-22-10-15(23-12(2)25)19(14)21(24)27;1-5-31-17-10-13(6-7-16(17)30-3)15(11-32(4,28)29)24-20(26)14-8-9-22-19(23-12(2)25)18(14)21(24)27/h2*6-10,16H,5,11H2,1-4H3,(H,24,26);6-10,16H,5,11H2,1-4H3,(H,23,25);6-10,15H,5,11H2,1-4H3,(H,22,23,25)/t16-;;;/m1.../s1. The summed E-state index contributed by atoms with van der Waals surface area (Å²) in [5.41, 5.74) is -0.422. The molecule has 8 aromatic rings. The molecule has 0 saturated carbocycles. The van der Waals surface area contributed by atoms with E-state index in [9.17, 15) is 100.0 Å². The van der Waals surface area contributed by atoms with Crippen molar-refractivity contribution < 1.29 is 138 Å².